The lowest BCUT2D eigenvalue weighted by Crippen LogP contribution is -3.00. The SMILES string of the molecule is COc1ccc(N=Cc2ccc(Cl)cc2[P+](c2ccccc2)(c2ccccc2)c2ccccc2)cc1.[Cl-]. The van der Waals surface area contributed by atoms with Crippen LogP contribution in [0.5, 0.6) is 5.75 Å². The van der Waals surface area contributed by atoms with Crippen LogP contribution >= 0.6 is 18.9 Å². The first-order valence-corrected chi connectivity index (χ1v) is 13.9. The summed E-state index contributed by atoms with van der Waals surface area (Å²) in [6, 6.07) is 46.2. The monoisotopic (exact) mass is 541 g/mol. The maximum Gasteiger partial charge on any atom is 0.145 e. The van der Waals surface area contributed by atoms with Gasteiger partial charge in [-0.1, -0.05) is 66.2 Å². The quantitative estimate of drug-likeness (QED) is 0.227. The molecule has 0 heterocycles. The van der Waals surface area contributed by atoms with E-state index in [2.05, 4.69) is 103 Å². The smallest absolute Gasteiger partial charge is 0.145 e. The molecule has 0 aromatic heterocycles. The number of benzene rings is 5. The lowest BCUT2D eigenvalue weighted by molar-refractivity contribution is -0.00000712. The van der Waals surface area contributed by atoms with Crippen molar-refractivity contribution in [3.63, 3.8) is 0 Å². The van der Waals surface area contributed by atoms with Crippen molar-refractivity contribution in [2.45, 2.75) is 0 Å². The van der Waals surface area contributed by atoms with Gasteiger partial charge in [0.05, 0.1) is 12.8 Å². The number of rotatable bonds is 7. The van der Waals surface area contributed by atoms with E-state index in [0.717, 1.165) is 17.0 Å². The van der Waals surface area contributed by atoms with Gasteiger partial charge in [0.2, 0.25) is 0 Å². The van der Waals surface area contributed by atoms with E-state index in [1.54, 1.807) is 7.11 Å². The lowest BCUT2D eigenvalue weighted by atomic mass is 10.2. The molecule has 0 bridgehead atoms. The molecule has 0 atom stereocenters. The van der Waals surface area contributed by atoms with Crippen LogP contribution in [0.4, 0.5) is 5.69 Å². The molecule has 5 aromatic rings. The van der Waals surface area contributed by atoms with E-state index in [1.165, 1.54) is 21.2 Å². The van der Waals surface area contributed by atoms with Crippen molar-refractivity contribution in [2.75, 3.05) is 7.11 Å². The molecule has 0 aliphatic heterocycles. The molecule has 0 radical (unpaired) electrons. The summed E-state index contributed by atoms with van der Waals surface area (Å²) in [5, 5.41) is 5.69. The van der Waals surface area contributed by atoms with Crippen LogP contribution in [0.1, 0.15) is 5.56 Å². The highest BCUT2D eigenvalue weighted by Crippen LogP contribution is 2.55. The average Bonchev–Trinajstić information content (AvgIpc) is 2.95. The Morgan fingerprint density at radius 2 is 1.14 bits per heavy atom. The summed E-state index contributed by atoms with van der Waals surface area (Å²) in [5.41, 5.74) is 1.90. The molecular formula is C32H26Cl2NOP. The van der Waals surface area contributed by atoms with Gasteiger partial charge in [0.15, 0.2) is 0 Å². The maximum absolute atomic E-state index is 6.70. The highest BCUT2D eigenvalue weighted by Gasteiger charge is 2.49. The fourth-order valence-electron chi connectivity index (χ4n) is 4.55. The van der Waals surface area contributed by atoms with Crippen LogP contribution in [0, 0.1) is 0 Å². The third-order valence-corrected chi connectivity index (χ3v) is 10.8. The van der Waals surface area contributed by atoms with E-state index >= 15 is 0 Å². The predicted molar refractivity (Wildman–Crippen MR) is 156 cm³/mol. The topological polar surface area (TPSA) is 21.6 Å². The molecule has 0 spiro atoms. The first-order valence-electron chi connectivity index (χ1n) is 11.8. The molecule has 0 amide bonds. The first-order chi connectivity index (χ1) is 17.7. The van der Waals surface area contributed by atoms with Crippen LogP contribution < -0.4 is 38.4 Å². The van der Waals surface area contributed by atoms with Crippen molar-refractivity contribution in [1.29, 1.82) is 0 Å². The minimum atomic E-state index is -2.30. The van der Waals surface area contributed by atoms with Gasteiger partial charge in [-0.2, -0.15) is 0 Å². The minimum absolute atomic E-state index is 0. The molecule has 0 saturated carbocycles. The van der Waals surface area contributed by atoms with Gasteiger partial charge in [-0.15, -0.1) is 0 Å². The summed E-state index contributed by atoms with van der Waals surface area (Å²) >= 11 is 6.70. The van der Waals surface area contributed by atoms with Crippen molar-refractivity contribution >= 4 is 52.0 Å². The molecule has 0 aliphatic carbocycles. The van der Waals surface area contributed by atoms with Crippen LogP contribution in [-0.2, 0) is 0 Å². The van der Waals surface area contributed by atoms with E-state index in [-0.39, 0.29) is 12.4 Å². The van der Waals surface area contributed by atoms with Crippen molar-refractivity contribution in [1.82, 2.24) is 0 Å². The van der Waals surface area contributed by atoms with Crippen LogP contribution in [0.15, 0.2) is 138 Å². The third kappa shape index (κ3) is 5.48. The molecule has 184 valence electrons. The fourth-order valence-corrected chi connectivity index (χ4v) is 9.24. The van der Waals surface area contributed by atoms with Crippen LogP contribution in [0.25, 0.3) is 0 Å². The van der Waals surface area contributed by atoms with Crippen LogP contribution in [-0.4, -0.2) is 13.3 Å². The molecular weight excluding hydrogens is 516 g/mol. The van der Waals surface area contributed by atoms with Gasteiger partial charge in [-0.25, -0.2) is 0 Å². The van der Waals surface area contributed by atoms with Crippen molar-refractivity contribution < 1.29 is 17.1 Å². The Labute approximate surface area is 230 Å². The molecule has 5 heteroatoms. The summed E-state index contributed by atoms with van der Waals surface area (Å²) < 4.78 is 5.29. The third-order valence-electron chi connectivity index (χ3n) is 6.21. The zero-order valence-corrected chi connectivity index (χ0v) is 22.7. The van der Waals surface area contributed by atoms with Gasteiger partial charge in [0, 0.05) is 22.9 Å². The van der Waals surface area contributed by atoms with Crippen molar-refractivity contribution in [3.8, 4) is 5.75 Å². The molecule has 5 rings (SSSR count). The second kappa shape index (κ2) is 12.2. The largest absolute Gasteiger partial charge is 1.00 e. The number of aliphatic imine (C=N–C) groups is 1. The van der Waals surface area contributed by atoms with E-state index in [4.69, 9.17) is 21.3 Å². The number of methoxy groups -OCH3 is 1. The molecule has 5 aromatic carbocycles. The number of nitrogens with zero attached hydrogens (tertiary/aromatic N) is 1. The number of hydrogen-bond donors (Lipinski definition) is 0. The summed E-state index contributed by atoms with van der Waals surface area (Å²) in [6.07, 6.45) is 1.96. The van der Waals surface area contributed by atoms with E-state index < -0.39 is 7.26 Å². The maximum atomic E-state index is 6.70. The first kappa shape index (κ1) is 26.6. The minimum Gasteiger partial charge on any atom is -1.00 e. The fraction of sp³-hybridized carbons (Fsp3) is 0.0312. The van der Waals surface area contributed by atoms with Crippen molar-refractivity contribution in [2.24, 2.45) is 4.99 Å². The van der Waals surface area contributed by atoms with Gasteiger partial charge < -0.3 is 17.1 Å². The normalized spacial score (nSPS) is 11.2. The molecule has 0 aliphatic rings. The Morgan fingerprint density at radius 1 is 0.649 bits per heavy atom. The highest BCUT2D eigenvalue weighted by atomic mass is 35.5. The summed E-state index contributed by atoms with van der Waals surface area (Å²) in [5.74, 6) is 0.809. The predicted octanol–water partition coefficient (Wildman–Crippen LogP) is 3.72. The Balaban J connectivity index is 0.00000320. The summed E-state index contributed by atoms with van der Waals surface area (Å²) in [6.45, 7) is 0. The van der Waals surface area contributed by atoms with Gasteiger partial charge in [-0.3, -0.25) is 4.99 Å². The second-order valence-corrected chi connectivity index (χ2v) is 12.1. The Morgan fingerprint density at radius 3 is 1.59 bits per heavy atom. The zero-order valence-electron chi connectivity index (χ0n) is 20.3. The van der Waals surface area contributed by atoms with E-state index in [1.807, 2.05) is 36.5 Å². The number of halogens is 2. The summed E-state index contributed by atoms with van der Waals surface area (Å²) in [7, 11) is -0.635. The Bertz CT molecular complexity index is 1360. The van der Waals surface area contributed by atoms with Gasteiger partial charge in [0.1, 0.15) is 34.2 Å². The molecule has 2 nitrogen and oxygen atoms in total. The van der Waals surface area contributed by atoms with Gasteiger partial charge in [-0.05, 0) is 72.8 Å². The lowest BCUT2D eigenvalue weighted by Gasteiger charge is -2.28. The number of ether oxygens (including phenoxy) is 1. The average molecular weight is 542 g/mol. The molecule has 37 heavy (non-hydrogen) atoms. The van der Waals surface area contributed by atoms with Gasteiger partial charge >= 0.3 is 0 Å². The zero-order chi connectivity index (χ0) is 24.8. The molecule has 0 N–H and O–H groups in total. The number of hydrogen-bond acceptors (Lipinski definition) is 2. The highest BCUT2D eigenvalue weighted by molar-refractivity contribution is 8.01. The molecule has 0 fully saturated rings. The van der Waals surface area contributed by atoms with Crippen molar-refractivity contribution in [3.05, 3.63) is 144 Å². The van der Waals surface area contributed by atoms with Crippen LogP contribution in [0.3, 0.4) is 0 Å². The molecule has 0 unspecified atom stereocenters. The van der Waals surface area contributed by atoms with Gasteiger partial charge in [0.25, 0.3) is 0 Å². The van der Waals surface area contributed by atoms with Crippen LogP contribution in [0.2, 0.25) is 5.02 Å². The summed E-state index contributed by atoms with van der Waals surface area (Å²) in [4.78, 5) is 4.83. The Hall–Kier alpha value is -3.42. The standard InChI is InChI=1S/C32H26ClNOP.ClH/c1-35-28-21-19-27(20-22-28)34-24-25-17-18-26(33)23-32(25)36(29-11-5-2-6-12-29,30-13-7-3-8-14-30)31-15-9-4-10-16-31;/h2-24H,1H3;1H/q+1;/p-1. The molecule has 0 saturated heterocycles. The van der Waals surface area contributed by atoms with E-state index in [9.17, 15) is 0 Å². The second-order valence-electron chi connectivity index (χ2n) is 8.34. The van der Waals surface area contributed by atoms with E-state index in [0.29, 0.717) is 5.02 Å². The Kier molecular flexibility index (Phi) is 8.79.